The van der Waals surface area contributed by atoms with E-state index in [1.54, 1.807) is 0 Å². The third-order valence-corrected chi connectivity index (χ3v) is 3.45. The molecule has 1 rings (SSSR count). The van der Waals surface area contributed by atoms with Crippen LogP contribution in [0.2, 0.25) is 0 Å². The summed E-state index contributed by atoms with van der Waals surface area (Å²) >= 11 is 3.62. The van der Waals surface area contributed by atoms with Crippen LogP contribution in [0.4, 0.5) is 0 Å². The van der Waals surface area contributed by atoms with E-state index >= 15 is 0 Å². The van der Waals surface area contributed by atoms with Crippen molar-refractivity contribution in [2.24, 2.45) is 5.92 Å². The minimum atomic E-state index is 0.588. The van der Waals surface area contributed by atoms with Gasteiger partial charge in [-0.05, 0) is 18.5 Å². The number of nitrogens with zero attached hydrogens (tertiary/aromatic N) is 1. The van der Waals surface area contributed by atoms with Gasteiger partial charge in [0.15, 0.2) is 0 Å². The van der Waals surface area contributed by atoms with Crippen LogP contribution in [0, 0.1) is 5.92 Å². The first-order chi connectivity index (χ1) is 7.63. The van der Waals surface area contributed by atoms with Gasteiger partial charge >= 0.3 is 0 Å². The van der Waals surface area contributed by atoms with E-state index in [2.05, 4.69) is 72.1 Å². The number of halogens is 1. The van der Waals surface area contributed by atoms with Gasteiger partial charge in [-0.1, -0.05) is 60.1 Å². The van der Waals surface area contributed by atoms with Crippen molar-refractivity contribution in [1.29, 1.82) is 0 Å². The molecule has 2 heteroatoms. The van der Waals surface area contributed by atoms with Crippen LogP contribution in [-0.2, 0) is 0 Å². The van der Waals surface area contributed by atoms with E-state index in [9.17, 15) is 0 Å². The van der Waals surface area contributed by atoms with E-state index in [1.165, 1.54) is 5.56 Å². The Kier molecular flexibility index (Phi) is 6.07. The van der Waals surface area contributed by atoms with Gasteiger partial charge in [-0.15, -0.1) is 0 Å². The summed E-state index contributed by atoms with van der Waals surface area (Å²) in [7, 11) is 2.21. The van der Waals surface area contributed by atoms with Gasteiger partial charge in [0.2, 0.25) is 0 Å². The molecule has 16 heavy (non-hydrogen) atoms. The number of alkyl halides is 1. The second-order valence-corrected chi connectivity index (χ2v) is 5.52. The second kappa shape index (κ2) is 7.08. The molecule has 0 bridgehead atoms. The highest BCUT2D eigenvalue weighted by molar-refractivity contribution is 9.09. The third kappa shape index (κ3) is 4.67. The lowest BCUT2D eigenvalue weighted by Gasteiger charge is -2.24. The van der Waals surface area contributed by atoms with Gasteiger partial charge < -0.3 is 4.90 Å². The lowest BCUT2D eigenvalue weighted by Crippen LogP contribution is -2.28. The molecular weight excluding hydrogens is 262 g/mol. The van der Waals surface area contributed by atoms with Crippen molar-refractivity contribution in [2.45, 2.75) is 19.8 Å². The van der Waals surface area contributed by atoms with Gasteiger partial charge in [-0.25, -0.2) is 0 Å². The fourth-order valence-electron chi connectivity index (χ4n) is 2.04. The van der Waals surface area contributed by atoms with Crippen molar-refractivity contribution < 1.29 is 0 Å². The van der Waals surface area contributed by atoms with Gasteiger partial charge in [0.05, 0.1) is 0 Å². The molecule has 0 saturated carbocycles. The van der Waals surface area contributed by atoms with Crippen molar-refractivity contribution >= 4 is 15.9 Å². The Bertz CT molecular complexity index is 284. The zero-order chi connectivity index (χ0) is 12.0. The summed E-state index contributed by atoms with van der Waals surface area (Å²) in [5.41, 5.74) is 1.43. The minimum absolute atomic E-state index is 0.588. The molecule has 0 aliphatic carbocycles. The van der Waals surface area contributed by atoms with Gasteiger partial charge in [0.25, 0.3) is 0 Å². The van der Waals surface area contributed by atoms with Crippen molar-refractivity contribution in [3.63, 3.8) is 0 Å². The molecule has 0 aliphatic heterocycles. The Morgan fingerprint density at radius 2 is 1.75 bits per heavy atom. The standard InChI is InChI=1S/C14H22BrN/c1-12(2)10-16(3)11-14(9-15)13-7-5-4-6-8-13/h4-8,12,14H,9-11H2,1-3H3. The van der Waals surface area contributed by atoms with E-state index in [0.717, 1.165) is 24.3 Å². The Balaban J connectivity index is 2.56. The number of hydrogen-bond donors (Lipinski definition) is 0. The van der Waals surface area contributed by atoms with Gasteiger partial charge in [-0.2, -0.15) is 0 Å². The van der Waals surface area contributed by atoms with Crippen LogP contribution in [-0.4, -0.2) is 30.4 Å². The first-order valence-corrected chi connectivity index (χ1v) is 7.05. The lowest BCUT2D eigenvalue weighted by atomic mass is 10.0. The summed E-state index contributed by atoms with van der Waals surface area (Å²) in [5.74, 6) is 1.32. The zero-order valence-corrected chi connectivity index (χ0v) is 12.1. The minimum Gasteiger partial charge on any atom is -0.305 e. The number of rotatable bonds is 6. The SMILES string of the molecule is CC(C)CN(C)CC(CBr)c1ccccc1. The molecule has 0 spiro atoms. The van der Waals surface area contributed by atoms with Crippen molar-refractivity contribution in [1.82, 2.24) is 4.90 Å². The Hall–Kier alpha value is -0.340. The highest BCUT2D eigenvalue weighted by Crippen LogP contribution is 2.19. The molecule has 1 aromatic rings. The first kappa shape index (κ1) is 13.7. The molecule has 1 atom stereocenters. The average Bonchev–Trinajstić information content (AvgIpc) is 2.26. The lowest BCUT2D eigenvalue weighted by molar-refractivity contribution is 0.284. The summed E-state index contributed by atoms with van der Waals surface area (Å²) < 4.78 is 0. The summed E-state index contributed by atoms with van der Waals surface area (Å²) in [4.78, 5) is 2.42. The highest BCUT2D eigenvalue weighted by Gasteiger charge is 2.13. The fourth-order valence-corrected chi connectivity index (χ4v) is 2.62. The molecule has 0 radical (unpaired) electrons. The molecule has 0 saturated heterocycles. The third-order valence-electron chi connectivity index (χ3n) is 2.67. The fraction of sp³-hybridized carbons (Fsp3) is 0.571. The maximum absolute atomic E-state index is 3.62. The molecule has 0 aliphatic rings. The normalized spacial score (nSPS) is 13.4. The predicted molar refractivity (Wildman–Crippen MR) is 75.3 cm³/mol. The number of hydrogen-bond acceptors (Lipinski definition) is 1. The smallest absolute Gasteiger partial charge is 0.0112 e. The van der Waals surface area contributed by atoms with E-state index in [1.807, 2.05) is 0 Å². The maximum atomic E-state index is 3.62. The van der Waals surface area contributed by atoms with Crippen LogP contribution in [0.15, 0.2) is 30.3 Å². The summed E-state index contributed by atoms with van der Waals surface area (Å²) in [5, 5.41) is 1.03. The molecule has 1 unspecified atom stereocenters. The molecule has 0 fully saturated rings. The molecule has 1 nitrogen and oxygen atoms in total. The van der Waals surface area contributed by atoms with E-state index in [4.69, 9.17) is 0 Å². The Morgan fingerprint density at radius 3 is 2.25 bits per heavy atom. The average molecular weight is 284 g/mol. The molecule has 0 aromatic heterocycles. The van der Waals surface area contributed by atoms with Crippen molar-refractivity contribution in [3.05, 3.63) is 35.9 Å². The molecule has 0 N–H and O–H groups in total. The van der Waals surface area contributed by atoms with E-state index in [0.29, 0.717) is 5.92 Å². The second-order valence-electron chi connectivity index (χ2n) is 4.88. The molecule has 1 aromatic carbocycles. The molecule has 0 heterocycles. The number of benzene rings is 1. The van der Waals surface area contributed by atoms with Crippen molar-refractivity contribution in [2.75, 3.05) is 25.5 Å². The summed E-state index contributed by atoms with van der Waals surface area (Å²) in [6.45, 7) is 6.81. The summed E-state index contributed by atoms with van der Waals surface area (Å²) in [6.07, 6.45) is 0. The Morgan fingerprint density at radius 1 is 1.12 bits per heavy atom. The monoisotopic (exact) mass is 283 g/mol. The van der Waals surface area contributed by atoms with E-state index in [-0.39, 0.29) is 0 Å². The van der Waals surface area contributed by atoms with Crippen LogP contribution in [0.3, 0.4) is 0 Å². The van der Waals surface area contributed by atoms with Crippen LogP contribution in [0.25, 0.3) is 0 Å². The Labute approximate surface area is 108 Å². The molecule has 0 amide bonds. The van der Waals surface area contributed by atoms with Gasteiger partial charge in [0, 0.05) is 24.3 Å². The summed E-state index contributed by atoms with van der Waals surface area (Å²) in [6, 6.07) is 10.7. The molecule has 90 valence electrons. The van der Waals surface area contributed by atoms with Crippen LogP contribution in [0.5, 0.6) is 0 Å². The van der Waals surface area contributed by atoms with Crippen LogP contribution < -0.4 is 0 Å². The number of likely N-dealkylation sites (N-methyl/N-ethyl adjacent to an activating group) is 1. The largest absolute Gasteiger partial charge is 0.305 e. The predicted octanol–water partition coefficient (Wildman–Crippen LogP) is 3.75. The van der Waals surface area contributed by atoms with E-state index < -0.39 is 0 Å². The highest BCUT2D eigenvalue weighted by atomic mass is 79.9. The van der Waals surface area contributed by atoms with Gasteiger partial charge in [-0.3, -0.25) is 0 Å². The van der Waals surface area contributed by atoms with Crippen LogP contribution in [0.1, 0.15) is 25.3 Å². The van der Waals surface area contributed by atoms with Crippen LogP contribution >= 0.6 is 15.9 Å². The first-order valence-electron chi connectivity index (χ1n) is 5.93. The zero-order valence-electron chi connectivity index (χ0n) is 10.5. The molecular formula is C14H22BrN. The maximum Gasteiger partial charge on any atom is 0.0112 e. The van der Waals surface area contributed by atoms with Gasteiger partial charge in [0.1, 0.15) is 0 Å². The quantitative estimate of drug-likeness (QED) is 0.719. The topological polar surface area (TPSA) is 3.24 Å². The van der Waals surface area contributed by atoms with Crippen molar-refractivity contribution in [3.8, 4) is 0 Å².